The molecule has 1 aliphatic heterocycles. The van der Waals surface area contributed by atoms with Crippen molar-refractivity contribution in [2.75, 3.05) is 18.1 Å². The predicted octanol–water partition coefficient (Wildman–Crippen LogP) is 2.04. The fourth-order valence-electron chi connectivity index (χ4n) is 2.16. The molecule has 2 atom stereocenters. The molecule has 2 unspecified atom stereocenters. The Balaban J connectivity index is 2.44. The third-order valence-electron chi connectivity index (χ3n) is 3.15. The van der Waals surface area contributed by atoms with Crippen LogP contribution in [0, 0.1) is 10.1 Å². The van der Waals surface area contributed by atoms with E-state index in [2.05, 4.69) is 9.97 Å². The lowest BCUT2D eigenvalue weighted by atomic mass is 10.1. The Kier molecular flexibility index (Phi) is 4.16. The van der Waals surface area contributed by atoms with Gasteiger partial charge in [-0.05, 0) is 13.3 Å². The Morgan fingerprint density at radius 1 is 1.63 bits per heavy atom. The summed E-state index contributed by atoms with van der Waals surface area (Å²) in [7, 11) is 0. The molecule has 0 saturated carbocycles. The van der Waals surface area contributed by atoms with E-state index in [4.69, 9.17) is 16.3 Å². The zero-order valence-corrected chi connectivity index (χ0v) is 11.5. The van der Waals surface area contributed by atoms with Gasteiger partial charge in [-0.1, -0.05) is 18.5 Å². The average Bonchev–Trinajstić information content (AvgIpc) is 2.37. The maximum atomic E-state index is 11.1. The van der Waals surface area contributed by atoms with E-state index in [1.807, 2.05) is 18.7 Å². The van der Waals surface area contributed by atoms with Crippen LogP contribution >= 0.6 is 11.6 Å². The number of ether oxygens (including phenoxy) is 1. The van der Waals surface area contributed by atoms with E-state index >= 15 is 0 Å². The third-order valence-corrected chi connectivity index (χ3v) is 3.43. The van der Waals surface area contributed by atoms with E-state index in [9.17, 15) is 10.1 Å². The molecule has 0 amide bonds. The molecule has 0 aliphatic carbocycles. The van der Waals surface area contributed by atoms with Crippen molar-refractivity contribution in [2.24, 2.45) is 0 Å². The molecule has 1 fully saturated rings. The summed E-state index contributed by atoms with van der Waals surface area (Å²) in [6.45, 7) is 5.00. The van der Waals surface area contributed by atoms with Gasteiger partial charge in [0.05, 0.1) is 23.7 Å². The van der Waals surface area contributed by atoms with Crippen LogP contribution in [0.4, 0.5) is 11.5 Å². The molecule has 8 heteroatoms. The summed E-state index contributed by atoms with van der Waals surface area (Å²) in [6.07, 6.45) is 2.05. The second-order valence-electron chi connectivity index (χ2n) is 4.45. The summed E-state index contributed by atoms with van der Waals surface area (Å²) >= 11 is 5.82. The van der Waals surface area contributed by atoms with E-state index in [0.717, 1.165) is 6.42 Å². The van der Waals surface area contributed by atoms with Crippen LogP contribution in [-0.4, -0.2) is 40.2 Å². The monoisotopic (exact) mass is 286 g/mol. The first kappa shape index (κ1) is 14.0. The number of hydrogen-bond donors (Lipinski definition) is 0. The first-order valence-corrected chi connectivity index (χ1v) is 6.45. The topological polar surface area (TPSA) is 81.4 Å². The molecular formula is C11H15ClN4O3. The number of halogens is 1. The number of nitrogens with zero attached hydrogens (tertiary/aromatic N) is 4. The molecule has 1 aromatic heterocycles. The standard InChI is InChI=1S/C11H15ClN4O3/c1-3-8-5-19-7(2)4-15(8)11-9(16(17)18)10(12)13-6-14-11/h6-8H,3-5H2,1-2H3. The van der Waals surface area contributed by atoms with Crippen LogP contribution in [0.2, 0.25) is 5.15 Å². The lowest BCUT2D eigenvalue weighted by Crippen LogP contribution is -2.49. The zero-order chi connectivity index (χ0) is 14.0. The number of aromatic nitrogens is 2. The summed E-state index contributed by atoms with van der Waals surface area (Å²) < 4.78 is 5.58. The van der Waals surface area contributed by atoms with Gasteiger partial charge in [-0.3, -0.25) is 10.1 Å². The van der Waals surface area contributed by atoms with Gasteiger partial charge >= 0.3 is 5.69 Å². The zero-order valence-electron chi connectivity index (χ0n) is 10.7. The Morgan fingerprint density at radius 2 is 2.37 bits per heavy atom. The van der Waals surface area contributed by atoms with Crippen molar-refractivity contribution >= 4 is 23.1 Å². The summed E-state index contributed by atoms with van der Waals surface area (Å²) in [5, 5.41) is 11.0. The van der Waals surface area contributed by atoms with Gasteiger partial charge in [0, 0.05) is 6.54 Å². The van der Waals surface area contributed by atoms with E-state index in [-0.39, 0.29) is 28.8 Å². The van der Waals surface area contributed by atoms with Gasteiger partial charge in [0.2, 0.25) is 11.0 Å². The third kappa shape index (κ3) is 2.76. The fourth-order valence-corrected chi connectivity index (χ4v) is 2.35. The van der Waals surface area contributed by atoms with E-state index in [0.29, 0.717) is 13.2 Å². The molecule has 19 heavy (non-hydrogen) atoms. The molecule has 0 radical (unpaired) electrons. The minimum Gasteiger partial charge on any atom is -0.375 e. The van der Waals surface area contributed by atoms with Gasteiger partial charge in [0.25, 0.3) is 0 Å². The lowest BCUT2D eigenvalue weighted by molar-refractivity contribution is -0.384. The molecule has 0 bridgehead atoms. The largest absolute Gasteiger partial charge is 0.375 e. The molecule has 1 aromatic rings. The second-order valence-corrected chi connectivity index (χ2v) is 4.81. The average molecular weight is 287 g/mol. The quantitative estimate of drug-likeness (QED) is 0.480. The Hall–Kier alpha value is -1.47. The van der Waals surface area contributed by atoms with Crippen LogP contribution in [0.3, 0.4) is 0 Å². The molecule has 0 spiro atoms. The number of nitro groups is 1. The molecular weight excluding hydrogens is 272 g/mol. The number of morpholine rings is 1. The maximum Gasteiger partial charge on any atom is 0.348 e. The number of rotatable bonds is 3. The minimum absolute atomic E-state index is 0.00357. The molecule has 1 saturated heterocycles. The maximum absolute atomic E-state index is 11.1. The molecule has 104 valence electrons. The number of anilines is 1. The van der Waals surface area contributed by atoms with Crippen LogP contribution in [0.5, 0.6) is 0 Å². The highest BCUT2D eigenvalue weighted by atomic mass is 35.5. The van der Waals surface area contributed by atoms with Crippen molar-refractivity contribution in [3.05, 3.63) is 21.6 Å². The van der Waals surface area contributed by atoms with E-state index in [1.54, 1.807) is 0 Å². The van der Waals surface area contributed by atoms with Gasteiger partial charge in [0.15, 0.2) is 0 Å². The molecule has 1 aliphatic rings. The minimum atomic E-state index is -0.537. The molecule has 2 heterocycles. The normalized spacial score (nSPS) is 23.4. The van der Waals surface area contributed by atoms with Gasteiger partial charge in [-0.2, -0.15) is 0 Å². The first-order valence-electron chi connectivity index (χ1n) is 6.07. The Morgan fingerprint density at radius 3 is 3.00 bits per heavy atom. The molecule has 7 nitrogen and oxygen atoms in total. The van der Waals surface area contributed by atoms with Crippen LogP contribution in [-0.2, 0) is 4.74 Å². The van der Waals surface area contributed by atoms with Crippen molar-refractivity contribution in [1.82, 2.24) is 9.97 Å². The highest BCUT2D eigenvalue weighted by Gasteiger charge is 2.33. The first-order chi connectivity index (χ1) is 9.04. The summed E-state index contributed by atoms with van der Waals surface area (Å²) in [4.78, 5) is 20.2. The highest BCUT2D eigenvalue weighted by Crippen LogP contribution is 2.34. The van der Waals surface area contributed by atoms with Gasteiger partial charge in [-0.15, -0.1) is 0 Å². The van der Waals surface area contributed by atoms with Crippen LogP contribution in [0.1, 0.15) is 20.3 Å². The lowest BCUT2D eigenvalue weighted by Gasteiger charge is -2.38. The molecule has 2 rings (SSSR count). The second kappa shape index (κ2) is 5.66. The molecule has 0 aromatic carbocycles. The number of hydrogen-bond acceptors (Lipinski definition) is 6. The van der Waals surface area contributed by atoms with Crippen LogP contribution in [0.15, 0.2) is 6.33 Å². The van der Waals surface area contributed by atoms with Crippen molar-refractivity contribution in [3.63, 3.8) is 0 Å². The molecule has 0 N–H and O–H groups in total. The van der Waals surface area contributed by atoms with Gasteiger partial charge < -0.3 is 9.64 Å². The summed E-state index contributed by atoms with van der Waals surface area (Å²) in [6, 6.07) is 0.0564. The smallest absolute Gasteiger partial charge is 0.348 e. The van der Waals surface area contributed by atoms with Crippen molar-refractivity contribution in [3.8, 4) is 0 Å². The van der Waals surface area contributed by atoms with Gasteiger partial charge in [-0.25, -0.2) is 9.97 Å². The van der Waals surface area contributed by atoms with Crippen molar-refractivity contribution in [2.45, 2.75) is 32.4 Å². The fraction of sp³-hybridized carbons (Fsp3) is 0.636. The predicted molar refractivity (Wildman–Crippen MR) is 70.5 cm³/mol. The van der Waals surface area contributed by atoms with Gasteiger partial charge in [0.1, 0.15) is 6.33 Å². The van der Waals surface area contributed by atoms with E-state index < -0.39 is 4.92 Å². The Bertz CT molecular complexity index is 485. The van der Waals surface area contributed by atoms with Crippen LogP contribution in [0.25, 0.3) is 0 Å². The van der Waals surface area contributed by atoms with E-state index in [1.165, 1.54) is 6.33 Å². The van der Waals surface area contributed by atoms with Crippen LogP contribution < -0.4 is 4.90 Å². The highest BCUT2D eigenvalue weighted by molar-refractivity contribution is 6.31. The Labute approximate surface area is 115 Å². The SMILES string of the molecule is CCC1COC(C)CN1c1ncnc(Cl)c1[N+](=O)[O-]. The van der Waals surface area contributed by atoms with Crippen molar-refractivity contribution < 1.29 is 9.66 Å². The summed E-state index contributed by atoms with van der Waals surface area (Å²) in [5.74, 6) is 0.270. The summed E-state index contributed by atoms with van der Waals surface area (Å²) in [5.41, 5.74) is -0.239. The van der Waals surface area contributed by atoms with Crippen molar-refractivity contribution in [1.29, 1.82) is 0 Å².